The summed E-state index contributed by atoms with van der Waals surface area (Å²) in [6.45, 7) is 0.181. The Morgan fingerprint density at radius 3 is 2.31 bits per heavy atom. The fourth-order valence-electron chi connectivity index (χ4n) is 3.37. The van der Waals surface area contributed by atoms with Crippen molar-refractivity contribution in [2.24, 2.45) is 11.7 Å². The molecule has 29 heavy (non-hydrogen) atoms. The molecule has 1 amide bonds. The maximum atomic E-state index is 12.4. The molecular weight excluding hydrogens is 364 g/mol. The number of ether oxygens (including phenoxy) is 1. The third-order valence-corrected chi connectivity index (χ3v) is 4.99. The second-order valence-electron chi connectivity index (χ2n) is 7.15. The predicted octanol–water partition coefficient (Wildman–Crippen LogP) is 2.86. The largest absolute Gasteiger partial charge is 0.469 e. The van der Waals surface area contributed by atoms with Gasteiger partial charge in [-0.25, -0.2) is 0 Å². The molecule has 0 saturated heterocycles. The number of esters is 1. The molecular formula is C24H26N2O3. The molecule has 0 aliphatic heterocycles. The van der Waals surface area contributed by atoms with Gasteiger partial charge in [0, 0.05) is 6.54 Å². The Balaban J connectivity index is 1.62. The van der Waals surface area contributed by atoms with Gasteiger partial charge in [-0.15, -0.1) is 0 Å². The third kappa shape index (κ3) is 5.65. The summed E-state index contributed by atoms with van der Waals surface area (Å²) in [7, 11) is 1.36. The second kappa shape index (κ2) is 9.85. The molecule has 2 atom stereocenters. The van der Waals surface area contributed by atoms with E-state index in [2.05, 4.69) is 11.4 Å². The van der Waals surface area contributed by atoms with Gasteiger partial charge in [-0.3, -0.25) is 9.59 Å². The third-order valence-electron chi connectivity index (χ3n) is 4.99. The van der Waals surface area contributed by atoms with Crippen LogP contribution in [0.15, 0.2) is 72.8 Å². The Morgan fingerprint density at radius 2 is 1.59 bits per heavy atom. The molecule has 0 fully saturated rings. The first-order valence-electron chi connectivity index (χ1n) is 9.69. The monoisotopic (exact) mass is 390 g/mol. The van der Waals surface area contributed by atoms with Gasteiger partial charge in [0.25, 0.3) is 0 Å². The lowest BCUT2D eigenvalue weighted by atomic mass is 9.96. The van der Waals surface area contributed by atoms with Crippen LogP contribution in [0, 0.1) is 5.92 Å². The van der Waals surface area contributed by atoms with Crippen molar-refractivity contribution in [3.05, 3.63) is 83.9 Å². The molecule has 0 radical (unpaired) electrons. The second-order valence-corrected chi connectivity index (χ2v) is 7.15. The van der Waals surface area contributed by atoms with Crippen LogP contribution in [-0.4, -0.2) is 31.6 Å². The number of carbonyl (C=O) groups is 2. The van der Waals surface area contributed by atoms with E-state index < -0.39 is 12.0 Å². The number of hydrogen-bond donors (Lipinski definition) is 2. The smallest absolute Gasteiger partial charge is 0.310 e. The molecule has 1 unspecified atom stereocenters. The SMILES string of the molecule is COC(=O)C(CNC(=O)[C@@H](N)Cc1ccccc1)Cc1ccc2ccccc2c1. The topological polar surface area (TPSA) is 81.4 Å². The van der Waals surface area contributed by atoms with Gasteiger partial charge >= 0.3 is 5.97 Å². The molecule has 0 heterocycles. The average Bonchev–Trinajstić information content (AvgIpc) is 2.76. The number of carbonyl (C=O) groups excluding carboxylic acids is 2. The van der Waals surface area contributed by atoms with Crippen LogP contribution in [0.4, 0.5) is 0 Å². The Kier molecular flexibility index (Phi) is 6.98. The van der Waals surface area contributed by atoms with E-state index in [1.54, 1.807) is 0 Å². The number of rotatable bonds is 8. The van der Waals surface area contributed by atoms with E-state index in [4.69, 9.17) is 10.5 Å². The van der Waals surface area contributed by atoms with Crippen molar-refractivity contribution < 1.29 is 14.3 Å². The zero-order valence-corrected chi connectivity index (χ0v) is 16.5. The van der Waals surface area contributed by atoms with E-state index in [-0.39, 0.29) is 18.4 Å². The van der Waals surface area contributed by atoms with Crippen molar-refractivity contribution in [3.8, 4) is 0 Å². The molecule has 3 aromatic carbocycles. The number of nitrogens with two attached hydrogens (primary N) is 1. The minimum Gasteiger partial charge on any atom is -0.469 e. The molecule has 0 aliphatic carbocycles. The van der Waals surface area contributed by atoms with Gasteiger partial charge in [0.1, 0.15) is 0 Å². The lowest BCUT2D eigenvalue weighted by molar-refractivity contribution is -0.145. The maximum Gasteiger partial charge on any atom is 0.310 e. The number of fused-ring (bicyclic) bond motifs is 1. The van der Waals surface area contributed by atoms with Crippen LogP contribution in [0.25, 0.3) is 10.8 Å². The highest BCUT2D eigenvalue weighted by Gasteiger charge is 2.22. The Labute approximate surface area is 170 Å². The van der Waals surface area contributed by atoms with Gasteiger partial charge < -0.3 is 15.8 Å². The predicted molar refractivity (Wildman–Crippen MR) is 114 cm³/mol. The molecule has 0 bridgehead atoms. The van der Waals surface area contributed by atoms with Crippen molar-refractivity contribution in [2.75, 3.05) is 13.7 Å². The summed E-state index contributed by atoms with van der Waals surface area (Å²) < 4.78 is 4.94. The highest BCUT2D eigenvalue weighted by atomic mass is 16.5. The summed E-state index contributed by atoms with van der Waals surface area (Å²) in [5, 5.41) is 5.07. The Morgan fingerprint density at radius 1 is 0.897 bits per heavy atom. The summed E-state index contributed by atoms with van der Waals surface area (Å²) in [5.74, 6) is -1.11. The van der Waals surface area contributed by atoms with E-state index in [9.17, 15) is 9.59 Å². The molecule has 0 aromatic heterocycles. The quantitative estimate of drug-likeness (QED) is 0.580. The summed E-state index contributed by atoms with van der Waals surface area (Å²) in [6.07, 6.45) is 0.923. The molecule has 5 heteroatoms. The van der Waals surface area contributed by atoms with E-state index in [0.29, 0.717) is 12.8 Å². The molecule has 150 valence electrons. The Bertz CT molecular complexity index is 972. The zero-order valence-electron chi connectivity index (χ0n) is 16.5. The summed E-state index contributed by atoms with van der Waals surface area (Å²) in [5.41, 5.74) is 8.04. The van der Waals surface area contributed by atoms with Crippen molar-refractivity contribution in [2.45, 2.75) is 18.9 Å². The highest BCUT2D eigenvalue weighted by Crippen LogP contribution is 2.18. The van der Waals surface area contributed by atoms with Crippen LogP contribution in [0.3, 0.4) is 0 Å². The highest BCUT2D eigenvalue weighted by molar-refractivity contribution is 5.84. The fourth-order valence-corrected chi connectivity index (χ4v) is 3.37. The van der Waals surface area contributed by atoms with Crippen LogP contribution in [0.1, 0.15) is 11.1 Å². The molecule has 0 aliphatic rings. The van der Waals surface area contributed by atoms with Crippen molar-refractivity contribution in [1.82, 2.24) is 5.32 Å². The molecule has 3 aromatic rings. The van der Waals surface area contributed by atoms with Gasteiger partial charge in [-0.1, -0.05) is 72.8 Å². The van der Waals surface area contributed by atoms with Crippen LogP contribution in [0.2, 0.25) is 0 Å². The van der Waals surface area contributed by atoms with Crippen molar-refractivity contribution >= 4 is 22.6 Å². The van der Waals surface area contributed by atoms with Gasteiger partial charge in [0.2, 0.25) is 5.91 Å². The molecule has 0 spiro atoms. The van der Waals surface area contributed by atoms with Gasteiger partial charge in [-0.2, -0.15) is 0 Å². The maximum absolute atomic E-state index is 12.4. The van der Waals surface area contributed by atoms with Crippen molar-refractivity contribution in [3.63, 3.8) is 0 Å². The summed E-state index contributed by atoms with van der Waals surface area (Å²) in [4.78, 5) is 24.7. The standard InChI is InChI=1S/C24H26N2O3/c1-29-24(28)21(14-18-11-12-19-9-5-6-10-20(19)13-18)16-26-23(27)22(25)15-17-7-3-2-4-8-17/h2-13,21-22H,14-16,25H2,1H3,(H,26,27)/t21?,22-/m0/s1. The van der Waals surface area contributed by atoms with E-state index in [0.717, 1.165) is 21.9 Å². The first-order valence-corrected chi connectivity index (χ1v) is 9.69. The van der Waals surface area contributed by atoms with E-state index in [1.807, 2.05) is 66.7 Å². The molecule has 3 rings (SSSR count). The molecule has 5 nitrogen and oxygen atoms in total. The number of benzene rings is 3. The van der Waals surface area contributed by atoms with Gasteiger partial charge in [-0.05, 0) is 34.7 Å². The Hall–Kier alpha value is -3.18. The van der Waals surface area contributed by atoms with Crippen LogP contribution < -0.4 is 11.1 Å². The minimum atomic E-state index is -0.670. The van der Waals surface area contributed by atoms with E-state index in [1.165, 1.54) is 7.11 Å². The number of hydrogen-bond acceptors (Lipinski definition) is 4. The summed E-state index contributed by atoms with van der Waals surface area (Å²) in [6, 6.07) is 23.1. The molecule has 0 saturated carbocycles. The lowest BCUT2D eigenvalue weighted by Crippen LogP contribution is -2.45. The van der Waals surface area contributed by atoms with Gasteiger partial charge in [0.05, 0.1) is 19.1 Å². The first kappa shape index (κ1) is 20.6. The number of amides is 1. The molecule has 3 N–H and O–H groups in total. The van der Waals surface area contributed by atoms with Gasteiger partial charge in [0.15, 0.2) is 0 Å². The van der Waals surface area contributed by atoms with Crippen LogP contribution in [0.5, 0.6) is 0 Å². The zero-order chi connectivity index (χ0) is 20.6. The number of nitrogens with one attached hydrogen (secondary N) is 1. The number of methoxy groups -OCH3 is 1. The van der Waals surface area contributed by atoms with Crippen LogP contribution in [-0.2, 0) is 27.2 Å². The van der Waals surface area contributed by atoms with Crippen LogP contribution >= 0.6 is 0 Å². The lowest BCUT2D eigenvalue weighted by Gasteiger charge is -2.18. The van der Waals surface area contributed by atoms with E-state index >= 15 is 0 Å². The fraction of sp³-hybridized carbons (Fsp3) is 0.250. The summed E-state index contributed by atoms with van der Waals surface area (Å²) >= 11 is 0. The average molecular weight is 390 g/mol. The normalized spacial score (nSPS) is 12.9. The minimum absolute atomic E-state index is 0.181. The first-order chi connectivity index (χ1) is 14.1. The van der Waals surface area contributed by atoms with Crippen molar-refractivity contribution in [1.29, 1.82) is 0 Å².